The number of fused-ring (bicyclic) bond motifs is 1. The first-order valence-corrected chi connectivity index (χ1v) is 10.0. The number of ether oxygens (including phenoxy) is 1. The first-order chi connectivity index (χ1) is 13.1. The molecule has 4 rings (SSSR count). The second kappa shape index (κ2) is 7.56. The molecule has 0 radical (unpaired) electrons. The maximum atomic E-state index is 12.7. The molecule has 1 N–H and O–H groups in total. The number of thiazole rings is 1. The SMILES string of the molecule is COc1ccc(C)cc1NC(=O)C1CCN(c2nc3ccccc3s2)CC1. The lowest BCUT2D eigenvalue weighted by atomic mass is 9.96. The number of amides is 1. The van der Waals surface area contributed by atoms with Gasteiger partial charge in [-0.05, 0) is 49.6 Å². The fourth-order valence-electron chi connectivity index (χ4n) is 3.48. The van der Waals surface area contributed by atoms with Crippen LogP contribution < -0.4 is 15.0 Å². The Kier molecular flexibility index (Phi) is 4.99. The summed E-state index contributed by atoms with van der Waals surface area (Å²) in [6, 6.07) is 14.0. The fourth-order valence-corrected chi connectivity index (χ4v) is 4.50. The zero-order valence-electron chi connectivity index (χ0n) is 15.6. The summed E-state index contributed by atoms with van der Waals surface area (Å²) >= 11 is 1.72. The molecule has 0 aliphatic carbocycles. The molecule has 0 unspecified atom stereocenters. The lowest BCUT2D eigenvalue weighted by Gasteiger charge is -2.31. The smallest absolute Gasteiger partial charge is 0.227 e. The topological polar surface area (TPSA) is 54.5 Å². The quantitative estimate of drug-likeness (QED) is 0.724. The molecule has 1 amide bonds. The van der Waals surface area contributed by atoms with Crippen molar-refractivity contribution < 1.29 is 9.53 Å². The number of aromatic nitrogens is 1. The van der Waals surface area contributed by atoms with Crippen LogP contribution in [0.3, 0.4) is 0 Å². The Morgan fingerprint density at radius 2 is 2.00 bits per heavy atom. The Balaban J connectivity index is 1.40. The van der Waals surface area contributed by atoms with Crippen molar-refractivity contribution in [3.05, 3.63) is 48.0 Å². The van der Waals surface area contributed by atoms with E-state index in [0.29, 0.717) is 5.75 Å². The molecule has 1 fully saturated rings. The molecule has 0 saturated carbocycles. The van der Waals surface area contributed by atoms with E-state index in [9.17, 15) is 4.79 Å². The van der Waals surface area contributed by atoms with Crippen LogP contribution in [0.25, 0.3) is 10.2 Å². The number of nitrogens with zero attached hydrogens (tertiary/aromatic N) is 2. The number of nitrogens with one attached hydrogen (secondary N) is 1. The lowest BCUT2D eigenvalue weighted by Crippen LogP contribution is -2.38. The van der Waals surface area contributed by atoms with E-state index in [-0.39, 0.29) is 11.8 Å². The number of anilines is 2. The fraction of sp³-hybridized carbons (Fsp3) is 0.333. The summed E-state index contributed by atoms with van der Waals surface area (Å²) < 4.78 is 6.57. The molecule has 3 aromatic rings. The van der Waals surface area contributed by atoms with Crippen molar-refractivity contribution in [2.45, 2.75) is 19.8 Å². The van der Waals surface area contributed by atoms with E-state index in [0.717, 1.165) is 47.8 Å². The van der Waals surface area contributed by atoms with E-state index in [4.69, 9.17) is 9.72 Å². The summed E-state index contributed by atoms with van der Waals surface area (Å²) in [5.74, 6) is 0.782. The number of rotatable bonds is 4. The number of para-hydroxylation sites is 1. The van der Waals surface area contributed by atoms with Gasteiger partial charge in [0.05, 0.1) is 23.0 Å². The van der Waals surface area contributed by atoms with Crippen LogP contribution in [0.2, 0.25) is 0 Å². The summed E-state index contributed by atoms with van der Waals surface area (Å²) in [7, 11) is 1.62. The molecule has 140 valence electrons. The standard InChI is InChI=1S/C21H23N3O2S/c1-14-7-8-18(26-2)17(13-14)22-20(25)15-9-11-24(12-10-15)21-23-16-5-3-4-6-19(16)27-21/h3-8,13,15H,9-12H2,1-2H3,(H,22,25). The maximum absolute atomic E-state index is 12.7. The predicted molar refractivity (Wildman–Crippen MR) is 111 cm³/mol. The largest absolute Gasteiger partial charge is 0.495 e. The van der Waals surface area contributed by atoms with Crippen molar-refractivity contribution >= 4 is 38.3 Å². The minimum absolute atomic E-state index is 0.0147. The van der Waals surface area contributed by atoms with Gasteiger partial charge in [0, 0.05) is 19.0 Å². The minimum atomic E-state index is 0.0147. The summed E-state index contributed by atoms with van der Waals surface area (Å²) in [6.07, 6.45) is 1.66. The molecule has 0 bridgehead atoms. The predicted octanol–water partition coefficient (Wildman–Crippen LogP) is 4.47. The molecule has 1 saturated heterocycles. The maximum Gasteiger partial charge on any atom is 0.227 e. The van der Waals surface area contributed by atoms with Gasteiger partial charge in [0.1, 0.15) is 5.75 Å². The van der Waals surface area contributed by atoms with Crippen molar-refractivity contribution in [1.29, 1.82) is 0 Å². The average Bonchev–Trinajstić information content (AvgIpc) is 3.12. The van der Waals surface area contributed by atoms with Gasteiger partial charge in [0.15, 0.2) is 5.13 Å². The van der Waals surface area contributed by atoms with Crippen LogP contribution in [0.4, 0.5) is 10.8 Å². The summed E-state index contributed by atoms with van der Waals surface area (Å²) in [5.41, 5.74) is 2.89. The minimum Gasteiger partial charge on any atom is -0.495 e. The second-order valence-corrected chi connectivity index (χ2v) is 7.93. The van der Waals surface area contributed by atoms with Gasteiger partial charge in [-0.15, -0.1) is 0 Å². The molecule has 27 heavy (non-hydrogen) atoms. The van der Waals surface area contributed by atoms with Gasteiger partial charge in [-0.25, -0.2) is 4.98 Å². The van der Waals surface area contributed by atoms with E-state index in [1.165, 1.54) is 4.70 Å². The van der Waals surface area contributed by atoms with Gasteiger partial charge >= 0.3 is 0 Å². The number of methoxy groups -OCH3 is 1. The third-order valence-electron chi connectivity index (χ3n) is 5.03. The van der Waals surface area contributed by atoms with Crippen LogP contribution >= 0.6 is 11.3 Å². The number of hydrogen-bond donors (Lipinski definition) is 1. The molecule has 0 atom stereocenters. The van der Waals surface area contributed by atoms with Crippen molar-refractivity contribution in [2.75, 3.05) is 30.4 Å². The number of carbonyl (C=O) groups excluding carboxylic acids is 1. The van der Waals surface area contributed by atoms with E-state index >= 15 is 0 Å². The molecule has 0 spiro atoms. The van der Waals surface area contributed by atoms with E-state index in [1.807, 2.05) is 43.3 Å². The number of aryl methyl sites for hydroxylation is 1. The summed E-state index contributed by atoms with van der Waals surface area (Å²) in [6.45, 7) is 3.71. The lowest BCUT2D eigenvalue weighted by molar-refractivity contribution is -0.120. The van der Waals surface area contributed by atoms with E-state index in [2.05, 4.69) is 16.3 Å². The molecular weight excluding hydrogens is 358 g/mol. The van der Waals surface area contributed by atoms with Crippen LogP contribution in [-0.4, -0.2) is 31.1 Å². The Labute approximate surface area is 163 Å². The zero-order chi connectivity index (χ0) is 18.8. The average molecular weight is 382 g/mol. The molecular formula is C21H23N3O2S. The number of benzene rings is 2. The summed E-state index contributed by atoms with van der Waals surface area (Å²) in [5, 5.41) is 4.10. The third-order valence-corrected chi connectivity index (χ3v) is 6.13. The highest BCUT2D eigenvalue weighted by molar-refractivity contribution is 7.22. The normalized spacial score (nSPS) is 15.1. The molecule has 1 aliphatic rings. The van der Waals surface area contributed by atoms with Crippen molar-refractivity contribution in [2.24, 2.45) is 5.92 Å². The Bertz CT molecular complexity index is 928. The Morgan fingerprint density at radius 3 is 2.74 bits per heavy atom. The number of carbonyl (C=O) groups is 1. The van der Waals surface area contributed by atoms with Gasteiger partial charge in [-0.1, -0.05) is 29.5 Å². The first-order valence-electron chi connectivity index (χ1n) is 9.20. The highest BCUT2D eigenvalue weighted by atomic mass is 32.1. The molecule has 1 aliphatic heterocycles. The molecule has 1 aromatic heterocycles. The molecule has 2 heterocycles. The number of hydrogen-bond acceptors (Lipinski definition) is 5. The third kappa shape index (κ3) is 3.76. The van der Waals surface area contributed by atoms with Crippen molar-refractivity contribution in [3.63, 3.8) is 0 Å². The monoisotopic (exact) mass is 381 g/mol. The first kappa shape index (κ1) is 17.8. The van der Waals surface area contributed by atoms with Crippen molar-refractivity contribution in [3.8, 4) is 5.75 Å². The summed E-state index contributed by atoms with van der Waals surface area (Å²) in [4.78, 5) is 19.8. The van der Waals surface area contributed by atoms with Crippen molar-refractivity contribution in [1.82, 2.24) is 4.98 Å². The van der Waals surface area contributed by atoms with Gasteiger partial charge in [0.2, 0.25) is 5.91 Å². The van der Waals surface area contributed by atoms with Gasteiger partial charge in [-0.2, -0.15) is 0 Å². The van der Waals surface area contributed by atoms with Gasteiger partial charge in [-0.3, -0.25) is 4.79 Å². The molecule has 2 aromatic carbocycles. The van der Waals surface area contributed by atoms with Crippen LogP contribution in [0, 0.1) is 12.8 Å². The molecule has 5 nitrogen and oxygen atoms in total. The Morgan fingerprint density at radius 1 is 1.22 bits per heavy atom. The number of piperidine rings is 1. The van der Waals surface area contributed by atoms with Crippen LogP contribution in [0.1, 0.15) is 18.4 Å². The van der Waals surface area contributed by atoms with Crippen LogP contribution in [0.5, 0.6) is 5.75 Å². The Hall–Kier alpha value is -2.60. The van der Waals surface area contributed by atoms with E-state index < -0.39 is 0 Å². The highest BCUT2D eigenvalue weighted by Gasteiger charge is 2.27. The van der Waals surface area contributed by atoms with Crippen LogP contribution in [-0.2, 0) is 4.79 Å². The van der Waals surface area contributed by atoms with E-state index in [1.54, 1.807) is 18.4 Å². The highest BCUT2D eigenvalue weighted by Crippen LogP contribution is 2.32. The van der Waals surface area contributed by atoms with Gasteiger partial charge in [0.25, 0.3) is 0 Å². The second-order valence-electron chi connectivity index (χ2n) is 6.92. The molecule has 6 heteroatoms. The zero-order valence-corrected chi connectivity index (χ0v) is 16.4. The van der Waals surface area contributed by atoms with Gasteiger partial charge < -0.3 is 15.0 Å². The van der Waals surface area contributed by atoms with Crippen LogP contribution in [0.15, 0.2) is 42.5 Å².